The van der Waals surface area contributed by atoms with Gasteiger partial charge in [0, 0.05) is 34.4 Å². The smallest absolute Gasteiger partial charge is 0.0452 e. The molecule has 0 bridgehead atoms. The van der Waals surface area contributed by atoms with E-state index in [4.69, 9.17) is 5.73 Å². The molecule has 0 saturated heterocycles. The third-order valence-corrected chi connectivity index (χ3v) is 3.87. The Morgan fingerprint density at radius 1 is 1.24 bits per heavy atom. The van der Waals surface area contributed by atoms with E-state index >= 15 is 0 Å². The van der Waals surface area contributed by atoms with Crippen LogP contribution in [0.25, 0.3) is 11.1 Å². The maximum absolute atomic E-state index is 5.95. The van der Waals surface area contributed by atoms with E-state index < -0.39 is 0 Å². The van der Waals surface area contributed by atoms with Crippen LogP contribution in [-0.4, -0.2) is 11.0 Å². The number of pyridine rings is 1. The number of benzene rings is 1. The molecule has 1 aromatic heterocycles. The van der Waals surface area contributed by atoms with Crippen LogP contribution in [0.5, 0.6) is 0 Å². The number of halogens is 1. The number of hydrogen-bond acceptors (Lipinski definition) is 2. The summed E-state index contributed by atoms with van der Waals surface area (Å²) in [5.74, 6) is 0. The van der Waals surface area contributed by atoms with Crippen LogP contribution in [-0.2, 0) is 12.8 Å². The Balaban J connectivity index is 2.07. The molecule has 2 N–H and O–H groups in total. The summed E-state index contributed by atoms with van der Waals surface area (Å²) in [7, 11) is 0. The minimum Gasteiger partial charge on any atom is -0.327 e. The van der Waals surface area contributed by atoms with Crippen molar-refractivity contribution in [2.75, 3.05) is 0 Å². The summed E-state index contributed by atoms with van der Waals surface area (Å²) < 4.78 is 1.10. The van der Waals surface area contributed by atoms with Gasteiger partial charge in [-0.05, 0) is 29.7 Å². The van der Waals surface area contributed by atoms with Crippen molar-refractivity contribution in [1.29, 1.82) is 0 Å². The maximum atomic E-state index is 5.95. The number of aromatic nitrogens is 1. The van der Waals surface area contributed by atoms with Gasteiger partial charge in [-0.2, -0.15) is 0 Å². The summed E-state index contributed by atoms with van der Waals surface area (Å²) in [6.07, 6.45) is 3.79. The molecule has 1 heterocycles. The Bertz CT molecular complexity index is 566. The van der Waals surface area contributed by atoms with Crippen LogP contribution in [0.1, 0.15) is 11.3 Å². The zero-order valence-corrected chi connectivity index (χ0v) is 10.9. The van der Waals surface area contributed by atoms with Gasteiger partial charge < -0.3 is 5.73 Å². The molecule has 1 aliphatic rings. The molecule has 3 rings (SSSR count). The summed E-state index contributed by atoms with van der Waals surface area (Å²) in [5, 5.41) is 0. The topological polar surface area (TPSA) is 38.9 Å². The van der Waals surface area contributed by atoms with Crippen LogP contribution in [0, 0.1) is 0 Å². The monoisotopic (exact) mass is 288 g/mol. The van der Waals surface area contributed by atoms with E-state index in [0.717, 1.165) is 28.6 Å². The lowest BCUT2D eigenvalue weighted by atomic mass is 10.1. The van der Waals surface area contributed by atoms with Gasteiger partial charge in [0.05, 0.1) is 0 Å². The third-order valence-electron chi connectivity index (χ3n) is 3.18. The van der Waals surface area contributed by atoms with Crippen molar-refractivity contribution in [3.63, 3.8) is 0 Å². The first kappa shape index (κ1) is 10.9. The Hall–Kier alpha value is -1.19. The first-order valence-electron chi connectivity index (χ1n) is 5.72. The largest absolute Gasteiger partial charge is 0.327 e. The average Bonchev–Trinajstić information content (AvgIpc) is 2.68. The van der Waals surface area contributed by atoms with E-state index in [1.807, 2.05) is 24.4 Å². The number of fused-ring (bicyclic) bond motifs is 1. The lowest BCUT2D eigenvalue weighted by molar-refractivity contribution is 0.716. The van der Waals surface area contributed by atoms with E-state index in [-0.39, 0.29) is 6.04 Å². The predicted octanol–water partition coefficient (Wildman–Crippen LogP) is 2.94. The summed E-state index contributed by atoms with van der Waals surface area (Å²) in [5.41, 5.74) is 10.8. The second-order valence-electron chi connectivity index (χ2n) is 4.48. The van der Waals surface area contributed by atoms with Crippen LogP contribution < -0.4 is 5.73 Å². The molecule has 1 aliphatic carbocycles. The quantitative estimate of drug-likeness (QED) is 0.876. The van der Waals surface area contributed by atoms with E-state index in [2.05, 4.69) is 33.0 Å². The SMILES string of the molecule is NC1Cc2cc(-c3ccccc3Br)cnc2C1. The van der Waals surface area contributed by atoms with E-state index in [1.54, 1.807) is 0 Å². The number of hydrogen-bond donors (Lipinski definition) is 1. The predicted molar refractivity (Wildman–Crippen MR) is 72.8 cm³/mol. The molecule has 0 saturated carbocycles. The van der Waals surface area contributed by atoms with Crippen molar-refractivity contribution >= 4 is 15.9 Å². The summed E-state index contributed by atoms with van der Waals surface area (Å²) in [6, 6.07) is 10.7. The average molecular weight is 289 g/mol. The fourth-order valence-corrected chi connectivity index (χ4v) is 2.86. The highest BCUT2D eigenvalue weighted by atomic mass is 79.9. The van der Waals surface area contributed by atoms with Gasteiger partial charge in [-0.25, -0.2) is 0 Å². The van der Waals surface area contributed by atoms with E-state index in [1.165, 1.54) is 11.1 Å². The van der Waals surface area contributed by atoms with Crippen molar-refractivity contribution in [2.45, 2.75) is 18.9 Å². The normalized spacial score (nSPS) is 18.1. The van der Waals surface area contributed by atoms with Gasteiger partial charge >= 0.3 is 0 Å². The molecule has 0 spiro atoms. The maximum Gasteiger partial charge on any atom is 0.0452 e. The first-order valence-corrected chi connectivity index (χ1v) is 6.51. The van der Waals surface area contributed by atoms with Crippen molar-refractivity contribution in [1.82, 2.24) is 4.98 Å². The molecule has 1 unspecified atom stereocenters. The zero-order valence-electron chi connectivity index (χ0n) is 9.36. The molecule has 86 valence electrons. The van der Waals surface area contributed by atoms with Crippen LogP contribution in [0.15, 0.2) is 41.0 Å². The summed E-state index contributed by atoms with van der Waals surface area (Å²) in [6.45, 7) is 0. The molecule has 2 aromatic rings. The van der Waals surface area contributed by atoms with Crippen LogP contribution in [0.4, 0.5) is 0 Å². The van der Waals surface area contributed by atoms with Gasteiger partial charge in [0.15, 0.2) is 0 Å². The molecular formula is C14H13BrN2. The number of rotatable bonds is 1. The Morgan fingerprint density at radius 3 is 2.88 bits per heavy atom. The van der Waals surface area contributed by atoms with Gasteiger partial charge in [-0.15, -0.1) is 0 Å². The summed E-state index contributed by atoms with van der Waals surface area (Å²) in [4.78, 5) is 4.53. The Morgan fingerprint density at radius 2 is 2.06 bits per heavy atom. The highest BCUT2D eigenvalue weighted by Gasteiger charge is 2.19. The second-order valence-corrected chi connectivity index (χ2v) is 5.33. The van der Waals surface area contributed by atoms with Gasteiger partial charge in [0.1, 0.15) is 0 Å². The first-order chi connectivity index (χ1) is 8.24. The molecule has 0 radical (unpaired) electrons. The molecule has 2 nitrogen and oxygen atoms in total. The van der Waals surface area contributed by atoms with Crippen LogP contribution in [0.2, 0.25) is 0 Å². The molecular weight excluding hydrogens is 276 g/mol. The highest BCUT2D eigenvalue weighted by molar-refractivity contribution is 9.10. The lowest BCUT2D eigenvalue weighted by Crippen LogP contribution is -2.19. The van der Waals surface area contributed by atoms with Crippen molar-refractivity contribution in [3.8, 4) is 11.1 Å². The van der Waals surface area contributed by atoms with E-state index in [0.29, 0.717) is 0 Å². The number of nitrogens with zero attached hydrogens (tertiary/aromatic N) is 1. The molecule has 0 aliphatic heterocycles. The fourth-order valence-electron chi connectivity index (χ4n) is 2.34. The second kappa shape index (κ2) is 4.24. The lowest BCUT2D eigenvalue weighted by Gasteiger charge is -2.06. The van der Waals surface area contributed by atoms with Gasteiger partial charge in [0.2, 0.25) is 0 Å². The molecule has 3 heteroatoms. The Labute approximate surface area is 109 Å². The molecule has 1 atom stereocenters. The third kappa shape index (κ3) is 2.01. The molecule has 0 fully saturated rings. The Kier molecular flexibility index (Phi) is 2.73. The number of nitrogens with two attached hydrogens (primary N) is 1. The van der Waals surface area contributed by atoms with Crippen molar-refractivity contribution < 1.29 is 0 Å². The highest BCUT2D eigenvalue weighted by Crippen LogP contribution is 2.30. The van der Waals surface area contributed by atoms with E-state index in [9.17, 15) is 0 Å². The fraction of sp³-hybridized carbons (Fsp3) is 0.214. The van der Waals surface area contributed by atoms with Crippen LogP contribution >= 0.6 is 15.9 Å². The van der Waals surface area contributed by atoms with Gasteiger partial charge in [0.25, 0.3) is 0 Å². The minimum absolute atomic E-state index is 0.243. The molecule has 17 heavy (non-hydrogen) atoms. The van der Waals surface area contributed by atoms with Crippen LogP contribution in [0.3, 0.4) is 0 Å². The molecule has 1 aromatic carbocycles. The summed E-state index contributed by atoms with van der Waals surface area (Å²) >= 11 is 3.57. The van der Waals surface area contributed by atoms with Crippen molar-refractivity contribution in [3.05, 3.63) is 52.3 Å². The van der Waals surface area contributed by atoms with Gasteiger partial charge in [-0.1, -0.05) is 34.1 Å². The minimum atomic E-state index is 0.243. The van der Waals surface area contributed by atoms with Crippen molar-refractivity contribution in [2.24, 2.45) is 5.73 Å². The van der Waals surface area contributed by atoms with Gasteiger partial charge in [-0.3, -0.25) is 4.98 Å². The molecule has 0 amide bonds. The standard InChI is InChI=1S/C14H13BrN2/c15-13-4-2-1-3-12(13)10-5-9-6-11(16)7-14(9)17-8-10/h1-5,8,11H,6-7,16H2. The zero-order chi connectivity index (χ0) is 11.8.